The van der Waals surface area contributed by atoms with Crippen LogP contribution in [0.1, 0.15) is 32.3 Å². The summed E-state index contributed by atoms with van der Waals surface area (Å²) in [7, 11) is 0. The molecule has 0 aliphatic carbocycles. The van der Waals surface area contributed by atoms with Crippen LogP contribution in [0.2, 0.25) is 5.02 Å². The fourth-order valence-corrected chi connectivity index (χ4v) is 2.90. The van der Waals surface area contributed by atoms with Crippen LogP contribution in [0.4, 0.5) is 5.69 Å². The highest BCUT2D eigenvalue weighted by Crippen LogP contribution is 2.31. The molecular weight excluding hydrogens is 244 g/mol. The van der Waals surface area contributed by atoms with Crippen LogP contribution in [-0.4, -0.2) is 25.2 Å². The summed E-state index contributed by atoms with van der Waals surface area (Å²) in [6, 6.07) is 7.39. The smallest absolute Gasteiger partial charge is 0.0668 e. The molecule has 0 saturated carbocycles. The molecule has 1 saturated heterocycles. The zero-order chi connectivity index (χ0) is 13.1. The second kappa shape index (κ2) is 5.94. The number of benzene rings is 1. The zero-order valence-electron chi connectivity index (χ0n) is 11.5. The molecule has 0 radical (unpaired) electrons. The Bertz CT molecular complexity index is 405. The lowest BCUT2D eigenvalue weighted by atomic mass is 10.0. The van der Waals surface area contributed by atoms with E-state index in [0.29, 0.717) is 12.1 Å². The second-order valence-electron chi connectivity index (χ2n) is 5.30. The van der Waals surface area contributed by atoms with Gasteiger partial charge in [-0.2, -0.15) is 0 Å². The van der Waals surface area contributed by atoms with Crippen molar-refractivity contribution in [3.8, 4) is 0 Å². The summed E-state index contributed by atoms with van der Waals surface area (Å²) in [5.41, 5.74) is 2.35. The van der Waals surface area contributed by atoms with Gasteiger partial charge in [-0.05, 0) is 31.9 Å². The minimum atomic E-state index is 0.498. The van der Waals surface area contributed by atoms with Gasteiger partial charge in [0, 0.05) is 25.2 Å². The van der Waals surface area contributed by atoms with E-state index in [4.69, 9.17) is 11.6 Å². The Kier molecular flexibility index (Phi) is 4.52. The highest BCUT2D eigenvalue weighted by atomic mass is 35.5. The van der Waals surface area contributed by atoms with Gasteiger partial charge in [0.2, 0.25) is 0 Å². The van der Waals surface area contributed by atoms with E-state index in [-0.39, 0.29) is 0 Å². The van der Waals surface area contributed by atoms with Gasteiger partial charge in [-0.3, -0.25) is 0 Å². The molecule has 1 aromatic carbocycles. The third kappa shape index (κ3) is 2.81. The van der Waals surface area contributed by atoms with Crippen molar-refractivity contribution in [2.45, 2.75) is 45.7 Å². The summed E-state index contributed by atoms with van der Waals surface area (Å²) < 4.78 is 0. The van der Waals surface area contributed by atoms with Crippen molar-refractivity contribution in [2.75, 3.05) is 18.0 Å². The lowest BCUT2D eigenvalue weighted by Gasteiger charge is -2.41. The molecule has 0 bridgehead atoms. The number of hydrogen-bond donors (Lipinski definition) is 1. The van der Waals surface area contributed by atoms with Gasteiger partial charge >= 0.3 is 0 Å². The van der Waals surface area contributed by atoms with Gasteiger partial charge in [-0.25, -0.2) is 0 Å². The number of halogens is 1. The summed E-state index contributed by atoms with van der Waals surface area (Å²) in [6.45, 7) is 8.66. The third-order valence-electron chi connectivity index (χ3n) is 3.77. The summed E-state index contributed by atoms with van der Waals surface area (Å²) in [5.74, 6) is 0. The molecular formula is C15H23ClN2. The van der Waals surface area contributed by atoms with Gasteiger partial charge in [-0.15, -0.1) is 0 Å². The molecule has 0 spiro atoms. The molecule has 18 heavy (non-hydrogen) atoms. The van der Waals surface area contributed by atoms with E-state index in [1.165, 1.54) is 18.5 Å². The molecule has 2 unspecified atom stereocenters. The first-order chi connectivity index (χ1) is 8.63. The molecule has 3 heteroatoms. The van der Waals surface area contributed by atoms with E-state index < -0.39 is 0 Å². The molecule has 1 aliphatic heterocycles. The predicted octanol–water partition coefficient (Wildman–Crippen LogP) is 3.62. The number of anilines is 1. The molecule has 2 atom stereocenters. The number of hydrogen-bond acceptors (Lipinski definition) is 2. The van der Waals surface area contributed by atoms with Crippen LogP contribution >= 0.6 is 11.6 Å². The number of nitrogens with one attached hydrogen (secondary N) is 1. The van der Waals surface area contributed by atoms with Gasteiger partial charge in [0.05, 0.1) is 10.7 Å². The van der Waals surface area contributed by atoms with Crippen LogP contribution in [-0.2, 0) is 0 Å². The standard InChI is InChI=1S/C15H23ClN2/c1-4-6-13-10-18(12(3)9-17-13)14-8-5-7-11(2)15(14)16/h5,7-8,12-13,17H,4,6,9-10H2,1-3H3. The molecule has 2 rings (SSSR count). The Balaban J connectivity index is 2.21. The first-order valence-electron chi connectivity index (χ1n) is 6.88. The van der Waals surface area contributed by atoms with Crippen molar-refractivity contribution in [3.05, 3.63) is 28.8 Å². The van der Waals surface area contributed by atoms with Crippen molar-refractivity contribution >= 4 is 17.3 Å². The van der Waals surface area contributed by atoms with E-state index in [1.807, 2.05) is 0 Å². The van der Waals surface area contributed by atoms with Crippen LogP contribution in [0.5, 0.6) is 0 Å². The molecule has 1 heterocycles. The van der Waals surface area contributed by atoms with Gasteiger partial charge in [0.15, 0.2) is 0 Å². The van der Waals surface area contributed by atoms with Crippen molar-refractivity contribution < 1.29 is 0 Å². The Hall–Kier alpha value is -0.730. The van der Waals surface area contributed by atoms with Gasteiger partial charge in [0.25, 0.3) is 0 Å². The lowest BCUT2D eigenvalue weighted by Crippen LogP contribution is -2.55. The molecule has 1 aromatic rings. The molecule has 0 amide bonds. The number of rotatable bonds is 3. The van der Waals surface area contributed by atoms with E-state index in [1.54, 1.807) is 0 Å². The van der Waals surface area contributed by atoms with Crippen LogP contribution in [0.25, 0.3) is 0 Å². The summed E-state index contributed by atoms with van der Waals surface area (Å²) in [5, 5.41) is 4.52. The Morgan fingerprint density at radius 1 is 1.44 bits per heavy atom. The van der Waals surface area contributed by atoms with Crippen LogP contribution in [0.3, 0.4) is 0 Å². The average molecular weight is 267 g/mol. The summed E-state index contributed by atoms with van der Waals surface area (Å²) in [4.78, 5) is 2.45. The summed E-state index contributed by atoms with van der Waals surface area (Å²) in [6.07, 6.45) is 2.45. The topological polar surface area (TPSA) is 15.3 Å². The number of nitrogens with zero attached hydrogens (tertiary/aromatic N) is 1. The third-order valence-corrected chi connectivity index (χ3v) is 4.26. The van der Waals surface area contributed by atoms with E-state index >= 15 is 0 Å². The zero-order valence-corrected chi connectivity index (χ0v) is 12.3. The monoisotopic (exact) mass is 266 g/mol. The Morgan fingerprint density at radius 2 is 2.22 bits per heavy atom. The maximum atomic E-state index is 6.45. The van der Waals surface area contributed by atoms with E-state index in [2.05, 4.69) is 49.2 Å². The normalized spacial score (nSPS) is 24.3. The fourth-order valence-electron chi connectivity index (χ4n) is 2.66. The Morgan fingerprint density at radius 3 is 2.94 bits per heavy atom. The first kappa shape index (κ1) is 13.7. The highest BCUT2D eigenvalue weighted by molar-refractivity contribution is 6.34. The van der Waals surface area contributed by atoms with E-state index in [9.17, 15) is 0 Å². The second-order valence-corrected chi connectivity index (χ2v) is 5.68. The molecule has 0 aromatic heterocycles. The molecule has 1 aliphatic rings. The minimum absolute atomic E-state index is 0.498. The molecule has 100 valence electrons. The quantitative estimate of drug-likeness (QED) is 0.899. The first-order valence-corrected chi connectivity index (χ1v) is 7.26. The maximum Gasteiger partial charge on any atom is 0.0668 e. The van der Waals surface area contributed by atoms with Crippen LogP contribution in [0, 0.1) is 6.92 Å². The number of aryl methyl sites for hydroxylation is 1. The van der Waals surface area contributed by atoms with Crippen molar-refractivity contribution in [1.29, 1.82) is 0 Å². The maximum absolute atomic E-state index is 6.45. The predicted molar refractivity (Wildman–Crippen MR) is 79.7 cm³/mol. The van der Waals surface area contributed by atoms with Gasteiger partial charge in [0.1, 0.15) is 0 Å². The average Bonchev–Trinajstić information content (AvgIpc) is 2.36. The molecule has 1 N–H and O–H groups in total. The lowest BCUT2D eigenvalue weighted by molar-refractivity contribution is 0.386. The van der Waals surface area contributed by atoms with E-state index in [0.717, 1.165) is 23.7 Å². The van der Waals surface area contributed by atoms with Crippen LogP contribution in [0.15, 0.2) is 18.2 Å². The van der Waals surface area contributed by atoms with Crippen LogP contribution < -0.4 is 10.2 Å². The largest absolute Gasteiger partial charge is 0.365 e. The van der Waals surface area contributed by atoms with Crippen molar-refractivity contribution in [1.82, 2.24) is 5.32 Å². The summed E-state index contributed by atoms with van der Waals surface area (Å²) >= 11 is 6.45. The number of piperazine rings is 1. The van der Waals surface area contributed by atoms with Gasteiger partial charge < -0.3 is 10.2 Å². The molecule has 1 fully saturated rings. The fraction of sp³-hybridized carbons (Fsp3) is 0.600. The van der Waals surface area contributed by atoms with Crippen molar-refractivity contribution in [2.24, 2.45) is 0 Å². The highest BCUT2D eigenvalue weighted by Gasteiger charge is 2.26. The molecule has 2 nitrogen and oxygen atoms in total. The Labute approximate surface area is 115 Å². The minimum Gasteiger partial charge on any atom is -0.365 e. The SMILES string of the molecule is CCCC1CN(c2cccc(C)c2Cl)C(C)CN1. The van der Waals surface area contributed by atoms with Gasteiger partial charge in [-0.1, -0.05) is 37.1 Å². The van der Waals surface area contributed by atoms with Crippen molar-refractivity contribution in [3.63, 3.8) is 0 Å².